The molecule has 0 aliphatic carbocycles. The second-order valence-electron chi connectivity index (χ2n) is 6.08. The van der Waals surface area contributed by atoms with Gasteiger partial charge in [0.05, 0.1) is 12.2 Å². The van der Waals surface area contributed by atoms with E-state index in [-0.39, 0.29) is 23.9 Å². The summed E-state index contributed by atoms with van der Waals surface area (Å²) < 4.78 is 12.0. The second-order valence-corrected chi connectivity index (χ2v) is 6.08. The summed E-state index contributed by atoms with van der Waals surface area (Å²) in [7, 11) is 0. The molecule has 1 fully saturated rings. The molecule has 0 bridgehead atoms. The molecule has 18 heavy (non-hydrogen) atoms. The van der Waals surface area contributed by atoms with Crippen LogP contribution >= 0.6 is 0 Å². The molecule has 1 aromatic rings. The maximum absolute atomic E-state index is 9.00. The van der Waals surface area contributed by atoms with Gasteiger partial charge in [-0.2, -0.15) is 0 Å². The molecule has 1 heterocycles. The van der Waals surface area contributed by atoms with Gasteiger partial charge in [0.2, 0.25) is 0 Å². The van der Waals surface area contributed by atoms with Gasteiger partial charge in [-0.1, -0.05) is 12.1 Å². The maximum Gasteiger partial charge on any atom is 0.130 e. The summed E-state index contributed by atoms with van der Waals surface area (Å²) in [5.41, 5.74) is 0.475. The Bertz CT molecular complexity index is 406. The third-order valence-electron chi connectivity index (χ3n) is 3.38. The van der Waals surface area contributed by atoms with E-state index in [4.69, 9.17) is 14.6 Å². The summed E-state index contributed by atoms with van der Waals surface area (Å²) in [5.74, 6) is 0.826. The predicted molar refractivity (Wildman–Crippen MR) is 70.6 cm³/mol. The lowest BCUT2D eigenvalue weighted by Crippen LogP contribution is -2.36. The van der Waals surface area contributed by atoms with Crippen molar-refractivity contribution < 1.29 is 14.6 Å². The molecule has 0 radical (unpaired) electrons. The molecule has 1 aliphatic heterocycles. The lowest BCUT2D eigenvalue weighted by atomic mass is 9.97. The highest BCUT2D eigenvalue weighted by molar-refractivity contribution is 5.27. The van der Waals surface area contributed by atoms with Crippen molar-refractivity contribution in [1.29, 1.82) is 0 Å². The normalized spacial score (nSPS) is 25.1. The molecule has 1 N–H and O–H groups in total. The van der Waals surface area contributed by atoms with Crippen LogP contribution in [0.5, 0.6) is 5.75 Å². The van der Waals surface area contributed by atoms with E-state index in [2.05, 4.69) is 27.7 Å². The van der Waals surface area contributed by atoms with Crippen LogP contribution in [0.1, 0.15) is 39.7 Å². The average molecular weight is 250 g/mol. The van der Waals surface area contributed by atoms with Gasteiger partial charge in [-0.3, -0.25) is 0 Å². The molecule has 0 saturated carbocycles. The zero-order chi connectivity index (χ0) is 13.4. The van der Waals surface area contributed by atoms with E-state index < -0.39 is 0 Å². The summed E-state index contributed by atoms with van der Waals surface area (Å²) in [5, 5.41) is 9.00. The Morgan fingerprint density at radius 3 is 2.28 bits per heavy atom. The Labute approximate surface area is 109 Å². The third kappa shape index (κ3) is 2.85. The molecule has 100 valence electrons. The van der Waals surface area contributed by atoms with Crippen LogP contribution in [0.25, 0.3) is 0 Å². The van der Waals surface area contributed by atoms with Crippen molar-refractivity contribution in [3.8, 4) is 5.75 Å². The standard InChI is InChI=1S/C15H22O3/c1-14(2)9-13(15(3,4)18-14)17-12-7-5-11(10-16)6-8-12/h5-8,13,16H,9-10H2,1-4H3. The van der Waals surface area contributed by atoms with Gasteiger partial charge >= 0.3 is 0 Å². The Balaban J connectivity index is 2.09. The Morgan fingerprint density at radius 1 is 1.22 bits per heavy atom. The lowest BCUT2D eigenvalue weighted by Gasteiger charge is -2.27. The molecule has 0 amide bonds. The Morgan fingerprint density at radius 2 is 1.83 bits per heavy atom. The maximum atomic E-state index is 9.00. The fourth-order valence-electron chi connectivity index (χ4n) is 2.53. The topological polar surface area (TPSA) is 38.7 Å². The van der Waals surface area contributed by atoms with Gasteiger partial charge in [0.25, 0.3) is 0 Å². The first-order chi connectivity index (χ1) is 8.32. The highest BCUT2D eigenvalue weighted by Gasteiger charge is 2.47. The summed E-state index contributed by atoms with van der Waals surface area (Å²) in [6.45, 7) is 8.37. The molecule has 1 aromatic carbocycles. The lowest BCUT2D eigenvalue weighted by molar-refractivity contribution is -0.0846. The van der Waals surface area contributed by atoms with Gasteiger partial charge < -0.3 is 14.6 Å². The molecule has 1 saturated heterocycles. The van der Waals surface area contributed by atoms with Crippen molar-refractivity contribution in [2.75, 3.05) is 0 Å². The first kappa shape index (κ1) is 13.4. The molecule has 0 spiro atoms. The summed E-state index contributed by atoms with van der Waals surface area (Å²) in [6, 6.07) is 7.55. The fraction of sp³-hybridized carbons (Fsp3) is 0.600. The summed E-state index contributed by atoms with van der Waals surface area (Å²) in [4.78, 5) is 0. The quantitative estimate of drug-likeness (QED) is 0.896. The van der Waals surface area contributed by atoms with Gasteiger partial charge in [0, 0.05) is 6.42 Å². The SMILES string of the molecule is CC1(C)CC(Oc2ccc(CO)cc2)C(C)(C)O1. The van der Waals surface area contributed by atoms with E-state index in [1.807, 2.05) is 24.3 Å². The molecule has 1 unspecified atom stereocenters. The van der Waals surface area contributed by atoms with Crippen LogP contribution in [0.15, 0.2) is 24.3 Å². The summed E-state index contributed by atoms with van der Waals surface area (Å²) in [6.07, 6.45) is 0.925. The molecule has 0 aromatic heterocycles. The molecule has 1 aliphatic rings. The van der Waals surface area contributed by atoms with Gasteiger partial charge in [-0.05, 0) is 45.4 Å². The predicted octanol–water partition coefficient (Wildman–Crippen LogP) is 2.90. The number of benzene rings is 1. The molecular formula is C15H22O3. The third-order valence-corrected chi connectivity index (χ3v) is 3.38. The van der Waals surface area contributed by atoms with Crippen LogP contribution in [0.3, 0.4) is 0 Å². The molecule has 2 rings (SSSR count). The number of aliphatic hydroxyl groups excluding tert-OH is 1. The van der Waals surface area contributed by atoms with Crippen molar-refractivity contribution in [2.24, 2.45) is 0 Å². The van der Waals surface area contributed by atoms with Crippen LogP contribution in [0.2, 0.25) is 0 Å². The smallest absolute Gasteiger partial charge is 0.130 e. The summed E-state index contributed by atoms with van der Waals surface area (Å²) >= 11 is 0. The van der Waals surface area contributed by atoms with Crippen molar-refractivity contribution in [3.63, 3.8) is 0 Å². The Kier molecular flexibility index (Phi) is 3.39. The number of hydrogen-bond acceptors (Lipinski definition) is 3. The van der Waals surface area contributed by atoms with E-state index in [1.54, 1.807) is 0 Å². The highest BCUT2D eigenvalue weighted by atomic mass is 16.6. The molecular weight excluding hydrogens is 228 g/mol. The minimum atomic E-state index is -0.279. The number of ether oxygens (including phenoxy) is 2. The number of rotatable bonds is 3. The minimum Gasteiger partial charge on any atom is -0.487 e. The minimum absolute atomic E-state index is 0.0486. The first-order valence-electron chi connectivity index (χ1n) is 6.39. The largest absolute Gasteiger partial charge is 0.487 e. The van der Waals surface area contributed by atoms with Crippen molar-refractivity contribution in [1.82, 2.24) is 0 Å². The molecule has 1 atom stereocenters. The van der Waals surface area contributed by atoms with Crippen LogP contribution in [0, 0.1) is 0 Å². The second kappa shape index (κ2) is 4.56. The van der Waals surface area contributed by atoms with Crippen molar-refractivity contribution >= 4 is 0 Å². The van der Waals surface area contributed by atoms with Crippen molar-refractivity contribution in [3.05, 3.63) is 29.8 Å². The zero-order valence-corrected chi connectivity index (χ0v) is 11.6. The van der Waals surface area contributed by atoms with Gasteiger partial charge in [0.1, 0.15) is 17.5 Å². The van der Waals surface area contributed by atoms with Crippen molar-refractivity contribution in [2.45, 2.75) is 58.0 Å². The average Bonchev–Trinajstić information content (AvgIpc) is 2.48. The first-order valence-corrected chi connectivity index (χ1v) is 6.39. The van der Waals surface area contributed by atoms with E-state index in [0.29, 0.717) is 0 Å². The zero-order valence-electron chi connectivity index (χ0n) is 11.6. The van der Waals surface area contributed by atoms with Crippen LogP contribution < -0.4 is 4.74 Å². The van der Waals surface area contributed by atoms with Crippen LogP contribution in [-0.4, -0.2) is 22.4 Å². The number of aliphatic hydroxyl groups is 1. The van der Waals surface area contributed by atoms with E-state index in [9.17, 15) is 0 Å². The molecule has 3 nitrogen and oxygen atoms in total. The van der Waals surface area contributed by atoms with Gasteiger partial charge in [-0.25, -0.2) is 0 Å². The van der Waals surface area contributed by atoms with E-state index in [1.165, 1.54) is 0 Å². The van der Waals surface area contributed by atoms with Gasteiger partial charge in [-0.15, -0.1) is 0 Å². The van der Waals surface area contributed by atoms with E-state index in [0.717, 1.165) is 17.7 Å². The van der Waals surface area contributed by atoms with Gasteiger partial charge in [0.15, 0.2) is 0 Å². The monoisotopic (exact) mass is 250 g/mol. The van der Waals surface area contributed by atoms with E-state index >= 15 is 0 Å². The van der Waals surface area contributed by atoms with Crippen LogP contribution in [-0.2, 0) is 11.3 Å². The van der Waals surface area contributed by atoms with Crippen LogP contribution in [0.4, 0.5) is 0 Å². The Hall–Kier alpha value is -1.06. The fourth-order valence-corrected chi connectivity index (χ4v) is 2.53. The molecule has 3 heteroatoms. The highest BCUT2D eigenvalue weighted by Crippen LogP contribution is 2.39. The number of hydrogen-bond donors (Lipinski definition) is 1.